The molecule has 0 spiro atoms. The number of ether oxygens (including phenoxy) is 1. The first-order valence-electron chi connectivity index (χ1n) is 4.79. The standard InChI is InChI=1S/C10H20O2S/c1-8(2)7-10(11)12-5-6-13-9(3)4/h8-9H,5-7H2,1-4H3. The Bertz CT molecular complexity index is 144. The van der Waals surface area contributed by atoms with E-state index in [4.69, 9.17) is 4.74 Å². The molecule has 13 heavy (non-hydrogen) atoms. The molecule has 0 rings (SSSR count). The van der Waals surface area contributed by atoms with Gasteiger partial charge < -0.3 is 4.74 Å². The van der Waals surface area contributed by atoms with Crippen LogP contribution in [0.4, 0.5) is 0 Å². The topological polar surface area (TPSA) is 26.3 Å². The predicted octanol–water partition coefficient (Wildman–Crippen LogP) is 2.72. The molecule has 0 aromatic rings. The predicted molar refractivity (Wildman–Crippen MR) is 58.0 cm³/mol. The minimum atomic E-state index is -0.0700. The maximum atomic E-state index is 11.1. The number of thioether (sulfide) groups is 1. The molecule has 2 nitrogen and oxygen atoms in total. The molecule has 0 aliphatic rings. The van der Waals surface area contributed by atoms with Crippen molar-refractivity contribution in [3.05, 3.63) is 0 Å². The molecule has 0 unspecified atom stereocenters. The molecular formula is C10H20O2S. The van der Waals surface area contributed by atoms with Crippen LogP contribution in [0.3, 0.4) is 0 Å². The monoisotopic (exact) mass is 204 g/mol. The normalized spacial score (nSPS) is 10.9. The van der Waals surface area contributed by atoms with Gasteiger partial charge in [0.2, 0.25) is 0 Å². The van der Waals surface area contributed by atoms with Crippen molar-refractivity contribution in [2.24, 2.45) is 5.92 Å². The van der Waals surface area contributed by atoms with Crippen molar-refractivity contribution in [2.75, 3.05) is 12.4 Å². The quantitative estimate of drug-likeness (QED) is 0.491. The summed E-state index contributed by atoms with van der Waals surface area (Å²) in [7, 11) is 0. The summed E-state index contributed by atoms with van der Waals surface area (Å²) in [5, 5.41) is 0.615. The molecular weight excluding hydrogens is 184 g/mol. The largest absolute Gasteiger partial charge is 0.465 e. The fourth-order valence-electron chi connectivity index (χ4n) is 0.832. The number of esters is 1. The third-order valence-electron chi connectivity index (χ3n) is 1.37. The lowest BCUT2D eigenvalue weighted by atomic mass is 10.1. The first kappa shape index (κ1) is 12.8. The number of carbonyl (C=O) groups is 1. The van der Waals surface area contributed by atoms with E-state index in [2.05, 4.69) is 13.8 Å². The molecule has 3 heteroatoms. The van der Waals surface area contributed by atoms with E-state index in [1.807, 2.05) is 25.6 Å². The first-order valence-corrected chi connectivity index (χ1v) is 5.84. The van der Waals surface area contributed by atoms with Crippen molar-refractivity contribution < 1.29 is 9.53 Å². The Balaban J connectivity index is 3.27. The van der Waals surface area contributed by atoms with E-state index in [1.165, 1.54) is 0 Å². The zero-order valence-electron chi connectivity index (χ0n) is 9.00. The van der Waals surface area contributed by atoms with Gasteiger partial charge >= 0.3 is 5.97 Å². The van der Waals surface area contributed by atoms with Crippen molar-refractivity contribution in [2.45, 2.75) is 39.4 Å². The smallest absolute Gasteiger partial charge is 0.306 e. The van der Waals surface area contributed by atoms with Crippen LogP contribution in [0.2, 0.25) is 0 Å². The van der Waals surface area contributed by atoms with Crippen LogP contribution in [-0.2, 0) is 9.53 Å². The highest BCUT2D eigenvalue weighted by atomic mass is 32.2. The van der Waals surface area contributed by atoms with Crippen molar-refractivity contribution in [3.8, 4) is 0 Å². The van der Waals surface area contributed by atoms with Gasteiger partial charge in [-0.1, -0.05) is 27.7 Å². The van der Waals surface area contributed by atoms with Crippen LogP contribution in [0.1, 0.15) is 34.1 Å². The molecule has 0 N–H and O–H groups in total. The second kappa shape index (κ2) is 7.25. The van der Waals surface area contributed by atoms with Gasteiger partial charge in [-0.2, -0.15) is 11.8 Å². The summed E-state index contributed by atoms with van der Waals surface area (Å²) in [5.74, 6) is 1.23. The summed E-state index contributed by atoms with van der Waals surface area (Å²) >= 11 is 1.81. The zero-order chi connectivity index (χ0) is 10.3. The van der Waals surface area contributed by atoms with E-state index in [0.29, 0.717) is 24.2 Å². The molecule has 0 aliphatic heterocycles. The maximum Gasteiger partial charge on any atom is 0.306 e. The maximum absolute atomic E-state index is 11.1. The van der Waals surface area contributed by atoms with E-state index >= 15 is 0 Å². The highest BCUT2D eigenvalue weighted by molar-refractivity contribution is 7.99. The van der Waals surface area contributed by atoms with Gasteiger partial charge in [-0.25, -0.2) is 0 Å². The molecule has 0 fully saturated rings. The number of hydrogen-bond donors (Lipinski definition) is 0. The fourth-order valence-corrected chi connectivity index (χ4v) is 1.48. The van der Waals surface area contributed by atoms with E-state index in [1.54, 1.807) is 0 Å². The average Bonchev–Trinajstić information content (AvgIpc) is 1.96. The van der Waals surface area contributed by atoms with E-state index < -0.39 is 0 Å². The van der Waals surface area contributed by atoms with Gasteiger partial charge in [0, 0.05) is 12.2 Å². The highest BCUT2D eigenvalue weighted by Gasteiger charge is 2.05. The molecule has 0 aliphatic carbocycles. The van der Waals surface area contributed by atoms with Gasteiger partial charge in [0.05, 0.1) is 0 Å². The average molecular weight is 204 g/mol. The lowest BCUT2D eigenvalue weighted by Gasteiger charge is -2.07. The molecule has 0 heterocycles. The van der Waals surface area contributed by atoms with E-state index in [-0.39, 0.29) is 5.97 Å². The third kappa shape index (κ3) is 9.74. The Labute approximate surface area is 85.4 Å². The summed E-state index contributed by atoms with van der Waals surface area (Å²) in [5.41, 5.74) is 0. The van der Waals surface area contributed by atoms with Crippen LogP contribution in [0.15, 0.2) is 0 Å². The Morgan fingerprint density at radius 2 is 1.92 bits per heavy atom. The molecule has 0 saturated heterocycles. The van der Waals surface area contributed by atoms with E-state index in [9.17, 15) is 4.79 Å². The highest BCUT2D eigenvalue weighted by Crippen LogP contribution is 2.08. The fraction of sp³-hybridized carbons (Fsp3) is 0.900. The van der Waals surface area contributed by atoms with Gasteiger partial charge in [0.15, 0.2) is 0 Å². The van der Waals surface area contributed by atoms with Gasteiger partial charge in [0.1, 0.15) is 6.61 Å². The van der Waals surface area contributed by atoms with E-state index in [0.717, 1.165) is 5.75 Å². The SMILES string of the molecule is CC(C)CC(=O)OCCSC(C)C. The van der Waals surface area contributed by atoms with Crippen molar-refractivity contribution in [1.29, 1.82) is 0 Å². The van der Waals surface area contributed by atoms with Crippen LogP contribution < -0.4 is 0 Å². The van der Waals surface area contributed by atoms with Crippen LogP contribution in [0.25, 0.3) is 0 Å². The summed E-state index contributed by atoms with van der Waals surface area (Å²) in [6.45, 7) is 8.86. The molecule has 0 saturated carbocycles. The Morgan fingerprint density at radius 3 is 2.38 bits per heavy atom. The number of carbonyl (C=O) groups excluding carboxylic acids is 1. The van der Waals surface area contributed by atoms with Gasteiger partial charge in [-0.05, 0) is 11.2 Å². The Hall–Kier alpha value is -0.180. The summed E-state index contributed by atoms with van der Waals surface area (Å²) < 4.78 is 5.04. The van der Waals surface area contributed by atoms with Crippen molar-refractivity contribution >= 4 is 17.7 Å². The van der Waals surface area contributed by atoms with Crippen LogP contribution in [0, 0.1) is 5.92 Å². The number of hydrogen-bond acceptors (Lipinski definition) is 3. The summed E-state index contributed by atoms with van der Waals surface area (Å²) in [4.78, 5) is 11.1. The second-order valence-corrected chi connectivity index (χ2v) is 5.42. The van der Waals surface area contributed by atoms with Crippen molar-refractivity contribution in [1.82, 2.24) is 0 Å². The molecule has 0 radical (unpaired) electrons. The Morgan fingerprint density at radius 1 is 1.31 bits per heavy atom. The molecule has 0 aromatic heterocycles. The lowest BCUT2D eigenvalue weighted by Crippen LogP contribution is -2.10. The minimum Gasteiger partial charge on any atom is -0.465 e. The molecule has 0 aromatic carbocycles. The number of rotatable bonds is 6. The van der Waals surface area contributed by atoms with Gasteiger partial charge in [-0.15, -0.1) is 0 Å². The Kier molecular flexibility index (Phi) is 7.14. The van der Waals surface area contributed by atoms with Gasteiger partial charge in [0.25, 0.3) is 0 Å². The second-order valence-electron chi connectivity index (χ2n) is 3.74. The summed E-state index contributed by atoms with van der Waals surface area (Å²) in [6.07, 6.45) is 0.534. The van der Waals surface area contributed by atoms with Crippen LogP contribution in [-0.4, -0.2) is 23.6 Å². The van der Waals surface area contributed by atoms with Gasteiger partial charge in [-0.3, -0.25) is 4.79 Å². The third-order valence-corrected chi connectivity index (χ3v) is 2.44. The zero-order valence-corrected chi connectivity index (χ0v) is 9.82. The molecule has 78 valence electrons. The minimum absolute atomic E-state index is 0.0700. The lowest BCUT2D eigenvalue weighted by molar-refractivity contribution is -0.143. The first-order chi connectivity index (χ1) is 6.02. The molecule has 0 amide bonds. The summed E-state index contributed by atoms with van der Waals surface area (Å²) in [6, 6.07) is 0. The molecule has 0 atom stereocenters. The van der Waals surface area contributed by atoms with Crippen LogP contribution >= 0.6 is 11.8 Å². The van der Waals surface area contributed by atoms with Crippen LogP contribution in [0.5, 0.6) is 0 Å². The van der Waals surface area contributed by atoms with Crippen molar-refractivity contribution in [3.63, 3.8) is 0 Å². The molecule has 0 bridgehead atoms.